The number of benzene rings is 2. The van der Waals surface area contributed by atoms with Gasteiger partial charge in [0.2, 0.25) is 17.7 Å². The van der Waals surface area contributed by atoms with Crippen LogP contribution in [0.25, 0.3) is 10.4 Å². The molecule has 5 aromatic rings. The number of anilines is 1. The van der Waals surface area contributed by atoms with Crippen LogP contribution < -0.4 is 15.5 Å². The molecule has 9 rings (SSSR count). The van der Waals surface area contributed by atoms with Gasteiger partial charge in [-0.2, -0.15) is 22.9 Å². The molecule has 418 valence electrons. The van der Waals surface area contributed by atoms with E-state index in [1.807, 2.05) is 76.2 Å². The number of aryl methyl sites for hydroxylation is 2. The van der Waals surface area contributed by atoms with Crippen molar-refractivity contribution in [3.05, 3.63) is 112 Å². The SMILES string of the molecule is Cc1ncsc1-c1ccc(CNC(=O)C2CC(=O)CN2C(=O)C(NC(=O)CCOCCOCCN2CCN(c3ccc(C#Cc4ccc(C5CCN(C6=Nn7c(nnc7C(F)(F)F)CC6)CC5)cc4)cn3)CC2)C(C)(C)C)cc1. The van der Waals surface area contributed by atoms with Crippen LogP contribution in [0.5, 0.6) is 0 Å². The van der Waals surface area contributed by atoms with E-state index >= 15 is 0 Å². The second-order valence-electron chi connectivity index (χ2n) is 21.4. The Bertz CT molecular complexity index is 3020. The Morgan fingerprint density at radius 3 is 2.20 bits per heavy atom. The Hall–Kier alpha value is -7.06. The molecule has 0 spiro atoms. The quantitative estimate of drug-likeness (QED) is 0.0806. The van der Waals surface area contributed by atoms with Gasteiger partial charge < -0.3 is 34.8 Å². The largest absolute Gasteiger partial charge is 0.453 e. The van der Waals surface area contributed by atoms with Crippen LogP contribution in [0.3, 0.4) is 0 Å². The highest BCUT2D eigenvalue weighted by Crippen LogP contribution is 2.33. The molecular weight excluding hydrogens is 1040 g/mol. The molecule has 3 fully saturated rings. The van der Waals surface area contributed by atoms with Gasteiger partial charge >= 0.3 is 6.18 Å². The molecule has 3 amide bonds. The molecule has 4 aliphatic heterocycles. The van der Waals surface area contributed by atoms with Crippen molar-refractivity contribution >= 4 is 46.5 Å². The summed E-state index contributed by atoms with van der Waals surface area (Å²) < 4.78 is 52.6. The smallest absolute Gasteiger partial charge is 0.379 e. The highest BCUT2D eigenvalue weighted by atomic mass is 32.1. The number of nitrogens with one attached hydrogen (secondary N) is 2. The van der Waals surface area contributed by atoms with E-state index in [0.29, 0.717) is 57.5 Å². The molecule has 0 radical (unpaired) electrons. The number of ketones is 1. The first-order valence-corrected chi connectivity index (χ1v) is 27.8. The van der Waals surface area contributed by atoms with Gasteiger partial charge in [-0.25, -0.2) is 9.97 Å². The van der Waals surface area contributed by atoms with E-state index in [9.17, 15) is 32.3 Å². The van der Waals surface area contributed by atoms with Crippen molar-refractivity contribution < 1.29 is 41.8 Å². The molecule has 2 N–H and O–H groups in total. The third-order valence-electron chi connectivity index (χ3n) is 14.8. The lowest BCUT2D eigenvalue weighted by Crippen LogP contribution is -2.57. The zero-order valence-corrected chi connectivity index (χ0v) is 45.9. The lowest BCUT2D eigenvalue weighted by molar-refractivity contribution is -0.147. The number of nitrogens with zero attached hydrogens (tertiary/aromatic N) is 10. The fourth-order valence-electron chi connectivity index (χ4n) is 10.2. The molecule has 22 heteroatoms. The van der Waals surface area contributed by atoms with Crippen LogP contribution >= 0.6 is 11.3 Å². The Balaban J connectivity index is 0.628. The number of carbonyl (C=O) groups is 4. The summed E-state index contributed by atoms with van der Waals surface area (Å²) in [5.74, 6) is 6.04. The first-order chi connectivity index (χ1) is 38.0. The van der Waals surface area contributed by atoms with Crippen LogP contribution in [0.1, 0.15) is 98.4 Å². The number of alkyl halides is 3. The number of ether oxygens (including phenoxy) is 2. The van der Waals surface area contributed by atoms with Gasteiger partial charge in [-0.3, -0.25) is 24.1 Å². The summed E-state index contributed by atoms with van der Waals surface area (Å²) in [6.07, 6.45) is -0.215. The van der Waals surface area contributed by atoms with Crippen molar-refractivity contribution in [1.82, 2.24) is 50.2 Å². The van der Waals surface area contributed by atoms with Crippen LogP contribution in [-0.2, 0) is 47.8 Å². The Kier molecular flexibility index (Phi) is 18.2. The number of rotatable bonds is 17. The summed E-state index contributed by atoms with van der Waals surface area (Å²) in [6, 6.07) is 18.2. The van der Waals surface area contributed by atoms with Gasteiger partial charge in [0.1, 0.15) is 23.7 Å². The fraction of sp³-hybridized carbons (Fsp3) is 0.491. The normalized spacial score (nSPS) is 17.7. The van der Waals surface area contributed by atoms with E-state index in [0.717, 1.165) is 88.9 Å². The summed E-state index contributed by atoms with van der Waals surface area (Å²) in [4.78, 5) is 71.3. The molecule has 0 saturated carbocycles. The van der Waals surface area contributed by atoms with Crippen LogP contribution in [0.4, 0.5) is 19.0 Å². The van der Waals surface area contributed by atoms with Gasteiger partial charge in [0.05, 0.1) is 49.1 Å². The number of piperidine rings is 1. The fourth-order valence-corrected chi connectivity index (χ4v) is 11.0. The molecule has 3 aromatic heterocycles. The number of piperazine rings is 1. The van der Waals surface area contributed by atoms with Crippen LogP contribution in [0, 0.1) is 24.2 Å². The average Bonchev–Trinajstić information content (AvgIpc) is 4.37. The Morgan fingerprint density at radius 1 is 0.823 bits per heavy atom. The summed E-state index contributed by atoms with van der Waals surface area (Å²) >= 11 is 1.57. The van der Waals surface area contributed by atoms with Gasteiger partial charge in [-0.05, 0) is 72.1 Å². The molecular formula is C57H67F3N12O6S. The third kappa shape index (κ3) is 14.6. The minimum Gasteiger partial charge on any atom is -0.379 e. The number of Topliss-reactive ketones (excluding diaryl/α,β-unsaturated/α-hetero) is 1. The molecule has 3 saturated heterocycles. The number of amidine groups is 1. The maximum Gasteiger partial charge on any atom is 0.453 e. The number of aromatic nitrogens is 5. The predicted molar refractivity (Wildman–Crippen MR) is 292 cm³/mol. The highest BCUT2D eigenvalue weighted by molar-refractivity contribution is 7.13. The molecule has 7 heterocycles. The number of amides is 3. The maximum absolute atomic E-state index is 14.0. The van der Waals surface area contributed by atoms with Crippen molar-refractivity contribution in [2.75, 3.05) is 83.7 Å². The predicted octanol–water partition coefficient (Wildman–Crippen LogP) is 6.07. The summed E-state index contributed by atoms with van der Waals surface area (Å²) in [6.45, 7) is 14.4. The maximum atomic E-state index is 14.0. The summed E-state index contributed by atoms with van der Waals surface area (Å²) in [5, 5.41) is 17.1. The van der Waals surface area contributed by atoms with E-state index in [1.54, 1.807) is 23.0 Å². The zero-order chi connectivity index (χ0) is 55.7. The standard InChI is InChI=1S/C57H67F3N12O6S/c1-38-51(79-37-63-38)44-14-9-41(10-15-44)35-62-53(75)46-33-45(73)36-71(46)54(76)52(56(2,3)4)64-50(74)21-29-77-31-32-78-30-28-68-24-26-70(27-25-68)47-16-11-40(34-61-47)6-5-39-7-12-42(13-8-39)43-19-22-69(23-20-43)49-18-17-48-65-66-55(57(58,59)60)72(48)67-49/h7-16,34,37,43,46,52H,17-33,35-36H2,1-4H3,(H,62,75)(H,64,74). The molecule has 79 heavy (non-hydrogen) atoms. The molecule has 18 nitrogen and oxygen atoms in total. The van der Waals surface area contributed by atoms with Gasteiger partial charge in [0.15, 0.2) is 11.6 Å². The van der Waals surface area contributed by atoms with Crippen LogP contribution in [-0.4, -0.2) is 160 Å². The lowest BCUT2D eigenvalue weighted by Gasteiger charge is -2.35. The van der Waals surface area contributed by atoms with Crippen LogP contribution in [0.2, 0.25) is 0 Å². The number of pyridine rings is 1. The monoisotopic (exact) mass is 1100 g/mol. The summed E-state index contributed by atoms with van der Waals surface area (Å²) in [5.41, 5.74) is 6.91. The van der Waals surface area contributed by atoms with E-state index < -0.39 is 41.3 Å². The molecule has 2 atom stereocenters. The van der Waals surface area contributed by atoms with E-state index in [4.69, 9.17) is 14.5 Å². The number of hydrogen-bond donors (Lipinski definition) is 2. The second kappa shape index (κ2) is 25.4. The number of hydrogen-bond acceptors (Lipinski definition) is 15. The molecule has 0 aliphatic carbocycles. The second-order valence-corrected chi connectivity index (χ2v) is 22.2. The topological polar surface area (TPSA) is 193 Å². The van der Waals surface area contributed by atoms with Gasteiger partial charge in [0.25, 0.3) is 5.82 Å². The minimum absolute atomic E-state index is 0.0239. The van der Waals surface area contributed by atoms with Gasteiger partial charge in [-0.15, -0.1) is 21.5 Å². The zero-order valence-electron chi connectivity index (χ0n) is 45.1. The highest BCUT2D eigenvalue weighted by Gasteiger charge is 2.45. The number of carbonyl (C=O) groups excluding carboxylic acids is 4. The van der Waals surface area contributed by atoms with Crippen molar-refractivity contribution in [2.24, 2.45) is 10.5 Å². The summed E-state index contributed by atoms with van der Waals surface area (Å²) in [7, 11) is 0. The average molecular weight is 1110 g/mol. The van der Waals surface area contributed by atoms with Gasteiger partial charge in [0, 0.05) is 95.4 Å². The van der Waals surface area contributed by atoms with Crippen molar-refractivity contribution in [1.29, 1.82) is 0 Å². The molecule has 0 bridgehead atoms. The number of thiazole rings is 1. The van der Waals surface area contributed by atoms with E-state index in [2.05, 4.69) is 69.6 Å². The van der Waals surface area contributed by atoms with Crippen molar-refractivity contribution in [3.63, 3.8) is 0 Å². The Labute approximate surface area is 462 Å². The first-order valence-electron chi connectivity index (χ1n) is 26.9. The minimum atomic E-state index is -4.61. The van der Waals surface area contributed by atoms with E-state index in [1.165, 1.54) is 10.5 Å². The third-order valence-corrected chi connectivity index (χ3v) is 15.7. The van der Waals surface area contributed by atoms with E-state index in [-0.39, 0.29) is 50.1 Å². The number of halogens is 3. The van der Waals surface area contributed by atoms with Crippen molar-refractivity contribution in [2.45, 2.75) is 96.9 Å². The number of likely N-dealkylation sites (tertiary alicyclic amines) is 2. The van der Waals surface area contributed by atoms with Crippen molar-refractivity contribution in [3.8, 4) is 22.3 Å². The molecule has 2 unspecified atom stereocenters. The first kappa shape index (κ1) is 56.7. The Morgan fingerprint density at radius 2 is 1.53 bits per heavy atom. The number of fused-ring (bicyclic) bond motifs is 1. The van der Waals surface area contributed by atoms with Gasteiger partial charge in [-0.1, -0.05) is 69.0 Å². The molecule has 4 aliphatic rings. The lowest BCUT2D eigenvalue weighted by atomic mass is 9.85. The van der Waals surface area contributed by atoms with Crippen LogP contribution in [0.15, 0.2) is 77.5 Å². The molecule has 2 aromatic carbocycles.